The monoisotopic (exact) mass is 497 g/mol. The van der Waals surface area contributed by atoms with Gasteiger partial charge in [0, 0.05) is 31.4 Å². The highest BCUT2D eigenvalue weighted by Crippen LogP contribution is 2.35. The van der Waals surface area contributed by atoms with Gasteiger partial charge in [0.05, 0.1) is 12.8 Å². The molecule has 7 heteroatoms. The first-order valence-electron chi connectivity index (χ1n) is 12.5. The van der Waals surface area contributed by atoms with Crippen molar-refractivity contribution in [2.75, 3.05) is 43.1 Å². The maximum atomic E-state index is 13.5. The van der Waals surface area contributed by atoms with Gasteiger partial charge in [-0.1, -0.05) is 36.4 Å². The molecule has 7 nitrogen and oxygen atoms in total. The molecule has 5 rings (SSSR count). The summed E-state index contributed by atoms with van der Waals surface area (Å²) in [6.45, 7) is 6.12. The van der Waals surface area contributed by atoms with Crippen LogP contribution in [0.2, 0.25) is 0 Å². The lowest BCUT2D eigenvalue weighted by atomic mass is 10.1. The Morgan fingerprint density at radius 2 is 1.84 bits per heavy atom. The molecule has 2 heterocycles. The Hall–Kier alpha value is -4.26. The fourth-order valence-corrected chi connectivity index (χ4v) is 4.88. The maximum absolute atomic E-state index is 13.5. The lowest BCUT2D eigenvalue weighted by molar-refractivity contribution is -0.132. The fraction of sp³-hybridized carbons (Fsp3) is 0.267. The summed E-state index contributed by atoms with van der Waals surface area (Å²) < 4.78 is 11.2. The van der Waals surface area contributed by atoms with Crippen LogP contribution >= 0.6 is 0 Å². The number of para-hydroxylation sites is 2. The summed E-state index contributed by atoms with van der Waals surface area (Å²) in [5, 5.41) is 0. The summed E-state index contributed by atoms with van der Waals surface area (Å²) in [4.78, 5) is 32.6. The molecule has 0 N–H and O–H groups in total. The van der Waals surface area contributed by atoms with Crippen LogP contribution in [0.4, 0.5) is 11.4 Å². The van der Waals surface area contributed by atoms with E-state index >= 15 is 0 Å². The molecule has 0 radical (unpaired) electrons. The SMILES string of the molecule is COc1ccc(/C=C2/Oc3ccccc3N(CC(=O)N3CCN(c4cccc(C)c4)[C@H](C)C3)C2=O)cc1. The van der Waals surface area contributed by atoms with E-state index in [-0.39, 0.29) is 30.2 Å². The highest BCUT2D eigenvalue weighted by atomic mass is 16.5. The molecule has 3 aromatic carbocycles. The predicted octanol–water partition coefficient (Wildman–Crippen LogP) is 4.51. The van der Waals surface area contributed by atoms with Crippen LogP contribution in [0.3, 0.4) is 0 Å². The van der Waals surface area contributed by atoms with Gasteiger partial charge in [-0.25, -0.2) is 0 Å². The van der Waals surface area contributed by atoms with Crippen LogP contribution in [-0.4, -0.2) is 56.0 Å². The molecular formula is C30H31N3O4. The minimum absolute atomic E-state index is 0.0453. The molecule has 1 fully saturated rings. The van der Waals surface area contributed by atoms with Gasteiger partial charge in [-0.15, -0.1) is 0 Å². The van der Waals surface area contributed by atoms with Gasteiger partial charge < -0.3 is 19.3 Å². The molecule has 190 valence electrons. The number of rotatable bonds is 5. The molecular weight excluding hydrogens is 466 g/mol. The zero-order valence-electron chi connectivity index (χ0n) is 21.4. The number of amides is 2. The number of carbonyl (C=O) groups is 2. The van der Waals surface area contributed by atoms with E-state index in [0.717, 1.165) is 17.9 Å². The molecule has 3 aromatic rings. The van der Waals surface area contributed by atoms with E-state index < -0.39 is 0 Å². The van der Waals surface area contributed by atoms with E-state index in [1.807, 2.05) is 53.4 Å². The van der Waals surface area contributed by atoms with Crippen molar-refractivity contribution in [3.63, 3.8) is 0 Å². The number of carbonyl (C=O) groups excluding carboxylic acids is 2. The number of piperazine rings is 1. The quantitative estimate of drug-likeness (QED) is 0.486. The second-order valence-corrected chi connectivity index (χ2v) is 9.46. The van der Waals surface area contributed by atoms with Gasteiger partial charge in [0.15, 0.2) is 11.5 Å². The minimum Gasteiger partial charge on any atom is -0.497 e. The largest absolute Gasteiger partial charge is 0.497 e. The first kappa shape index (κ1) is 24.4. The van der Waals surface area contributed by atoms with E-state index in [2.05, 4.69) is 43.0 Å². The number of hydrogen-bond donors (Lipinski definition) is 0. The summed E-state index contributed by atoms with van der Waals surface area (Å²) in [6.07, 6.45) is 1.69. The fourth-order valence-electron chi connectivity index (χ4n) is 4.88. The van der Waals surface area contributed by atoms with E-state index in [9.17, 15) is 9.59 Å². The second kappa shape index (κ2) is 10.4. The van der Waals surface area contributed by atoms with Crippen LogP contribution in [0, 0.1) is 6.92 Å². The number of methoxy groups -OCH3 is 1. The van der Waals surface area contributed by atoms with E-state index in [0.29, 0.717) is 24.5 Å². The van der Waals surface area contributed by atoms with Gasteiger partial charge >= 0.3 is 0 Å². The number of anilines is 2. The van der Waals surface area contributed by atoms with Gasteiger partial charge in [-0.2, -0.15) is 0 Å². The van der Waals surface area contributed by atoms with Gasteiger partial charge in [0.25, 0.3) is 5.91 Å². The molecule has 1 saturated heterocycles. The third kappa shape index (κ3) is 5.16. The van der Waals surface area contributed by atoms with Crippen molar-refractivity contribution >= 4 is 29.3 Å². The first-order valence-corrected chi connectivity index (χ1v) is 12.5. The summed E-state index contributed by atoms with van der Waals surface area (Å²) in [6, 6.07) is 23.3. The average molecular weight is 498 g/mol. The lowest BCUT2D eigenvalue weighted by Crippen LogP contribution is -2.56. The van der Waals surface area contributed by atoms with Gasteiger partial charge in [-0.3, -0.25) is 14.5 Å². The van der Waals surface area contributed by atoms with E-state index in [1.165, 1.54) is 16.2 Å². The number of benzene rings is 3. The highest BCUT2D eigenvalue weighted by molar-refractivity contribution is 6.12. The van der Waals surface area contributed by atoms with Gasteiger partial charge in [0.2, 0.25) is 5.91 Å². The third-order valence-electron chi connectivity index (χ3n) is 6.85. The average Bonchev–Trinajstić information content (AvgIpc) is 2.91. The zero-order chi connectivity index (χ0) is 25.9. The van der Waals surface area contributed by atoms with Crippen molar-refractivity contribution in [2.24, 2.45) is 0 Å². The Morgan fingerprint density at radius 1 is 1.05 bits per heavy atom. The summed E-state index contributed by atoms with van der Waals surface area (Å²) in [7, 11) is 1.61. The highest BCUT2D eigenvalue weighted by Gasteiger charge is 2.34. The predicted molar refractivity (Wildman–Crippen MR) is 145 cm³/mol. The number of fused-ring (bicyclic) bond motifs is 1. The topological polar surface area (TPSA) is 62.3 Å². The van der Waals surface area contributed by atoms with Crippen LogP contribution in [-0.2, 0) is 9.59 Å². The van der Waals surface area contributed by atoms with E-state index in [1.54, 1.807) is 13.2 Å². The minimum atomic E-state index is -0.339. The molecule has 0 unspecified atom stereocenters. The number of ether oxygens (including phenoxy) is 2. The lowest BCUT2D eigenvalue weighted by Gasteiger charge is -2.42. The normalized spacial score (nSPS) is 18.5. The molecule has 37 heavy (non-hydrogen) atoms. The molecule has 0 spiro atoms. The Kier molecular flexibility index (Phi) is 6.86. The molecule has 1 atom stereocenters. The van der Waals surface area contributed by atoms with Crippen molar-refractivity contribution in [1.82, 2.24) is 4.90 Å². The van der Waals surface area contributed by atoms with Crippen molar-refractivity contribution in [2.45, 2.75) is 19.9 Å². The second-order valence-electron chi connectivity index (χ2n) is 9.46. The third-order valence-corrected chi connectivity index (χ3v) is 6.85. The van der Waals surface area contributed by atoms with Crippen LogP contribution in [0.5, 0.6) is 11.5 Å². The molecule has 2 amide bonds. The zero-order valence-corrected chi connectivity index (χ0v) is 21.4. The summed E-state index contributed by atoms with van der Waals surface area (Å²) in [5.74, 6) is 1.04. The smallest absolute Gasteiger partial charge is 0.294 e. The number of aryl methyl sites for hydroxylation is 1. The van der Waals surface area contributed by atoms with Crippen molar-refractivity contribution in [3.8, 4) is 11.5 Å². The molecule has 0 saturated carbocycles. The molecule has 2 aliphatic rings. The summed E-state index contributed by atoms with van der Waals surface area (Å²) in [5.41, 5.74) is 3.78. The molecule has 0 aromatic heterocycles. The summed E-state index contributed by atoms with van der Waals surface area (Å²) >= 11 is 0. The molecule has 2 aliphatic heterocycles. The van der Waals surface area contributed by atoms with Crippen LogP contribution < -0.4 is 19.3 Å². The van der Waals surface area contributed by atoms with Gasteiger partial charge in [-0.05, 0) is 67.4 Å². The first-order chi connectivity index (χ1) is 17.9. The molecule has 0 bridgehead atoms. The Balaban J connectivity index is 1.33. The maximum Gasteiger partial charge on any atom is 0.294 e. The van der Waals surface area contributed by atoms with Gasteiger partial charge in [0.1, 0.15) is 12.3 Å². The standard InChI is InChI=1S/C30H31N3O4/c1-21-7-6-8-24(17-21)32-16-15-31(19-22(32)2)29(34)20-33-26-9-4-5-10-27(26)37-28(30(33)35)18-23-11-13-25(36-3)14-12-23/h4-14,17-18,22H,15-16,19-20H2,1-3H3/b28-18+/t22-/m1/s1. The Labute approximate surface area is 217 Å². The van der Waals surface area contributed by atoms with Crippen LogP contribution in [0.15, 0.2) is 78.6 Å². The van der Waals surface area contributed by atoms with Crippen LogP contribution in [0.25, 0.3) is 6.08 Å². The van der Waals surface area contributed by atoms with E-state index in [4.69, 9.17) is 9.47 Å². The molecule has 0 aliphatic carbocycles. The van der Waals surface area contributed by atoms with Crippen molar-refractivity contribution in [3.05, 3.63) is 89.7 Å². The number of hydrogen-bond acceptors (Lipinski definition) is 5. The number of nitrogens with zero attached hydrogens (tertiary/aromatic N) is 3. The Morgan fingerprint density at radius 3 is 2.57 bits per heavy atom. The van der Waals surface area contributed by atoms with Crippen molar-refractivity contribution < 1.29 is 19.1 Å². The Bertz CT molecular complexity index is 1330. The van der Waals surface area contributed by atoms with Crippen molar-refractivity contribution in [1.29, 1.82) is 0 Å². The van der Waals surface area contributed by atoms with Crippen LogP contribution in [0.1, 0.15) is 18.1 Å².